The topological polar surface area (TPSA) is 29.4 Å². The van der Waals surface area contributed by atoms with Crippen molar-refractivity contribution in [3.05, 3.63) is 11.6 Å². The third-order valence-corrected chi connectivity index (χ3v) is 1.02. The van der Waals surface area contributed by atoms with Gasteiger partial charge < -0.3 is 0 Å². The van der Waals surface area contributed by atoms with E-state index in [4.69, 9.17) is 11.6 Å². The molecular formula is C6H8ClNO. The minimum absolute atomic E-state index is 0.430. The molecule has 2 nitrogen and oxygen atoms in total. The third kappa shape index (κ3) is 3.03. The number of hydrogen-bond donors (Lipinski definition) is 0. The molecule has 0 aliphatic heterocycles. The van der Waals surface area contributed by atoms with E-state index in [0.717, 1.165) is 0 Å². The van der Waals surface area contributed by atoms with E-state index >= 15 is 0 Å². The Morgan fingerprint density at radius 3 is 2.33 bits per heavy atom. The van der Waals surface area contributed by atoms with E-state index in [-0.39, 0.29) is 0 Å². The molecule has 0 spiro atoms. The van der Waals surface area contributed by atoms with E-state index in [1.165, 1.54) is 6.21 Å². The quantitative estimate of drug-likeness (QED) is 0.328. The second-order valence-electron chi connectivity index (χ2n) is 1.41. The van der Waals surface area contributed by atoms with Crippen LogP contribution >= 0.6 is 11.6 Å². The van der Waals surface area contributed by atoms with Crippen molar-refractivity contribution in [3.63, 3.8) is 0 Å². The number of hydrogen-bond acceptors (Lipinski definition) is 2. The van der Waals surface area contributed by atoms with Crippen LogP contribution in [-0.2, 0) is 4.79 Å². The van der Waals surface area contributed by atoms with Crippen LogP contribution in [0.5, 0.6) is 0 Å². The minimum atomic E-state index is -0.469. The van der Waals surface area contributed by atoms with Crippen LogP contribution in [0.1, 0.15) is 6.92 Å². The van der Waals surface area contributed by atoms with Crippen molar-refractivity contribution in [2.24, 2.45) is 4.99 Å². The van der Waals surface area contributed by atoms with Gasteiger partial charge in [0.2, 0.25) is 0 Å². The molecule has 0 aromatic heterocycles. The molecule has 3 heteroatoms. The Morgan fingerprint density at radius 1 is 1.67 bits per heavy atom. The molecule has 0 unspecified atom stereocenters. The molecule has 0 heterocycles. The smallest absolute Gasteiger partial charge is 0.253 e. The molecule has 0 saturated carbocycles. The van der Waals surface area contributed by atoms with Crippen LogP contribution in [0.4, 0.5) is 0 Å². The molecular weight excluding hydrogens is 138 g/mol. The number of aliphatic imine (C=N–C) groups is 1. The van der Waals surface area contributed by atoms with E-state index < -0.39 is 5.24 Å². The van der Waals surface area contributed by atoms with Crippen molar-refractivity contribution in [3.8, 4) is 0 Å². The van der Waals surface area contributed by atoms with E-state index in [9.17, 15) is 4.79 Å². The van der Waals surface area contributed by atoms with Crippen molar-refractivity contribution in [2.75, 3.05) is 7.05 Å². The van der Waals surface area contributed by atoms with Crippen LogP contribution < -0.4 is 0 Å². The summed E-state index contributed by atoms with van der Waals surface area (Å²) in [5.74, 6) is 0. The zero-order valence-electron chi connectivity index (χ0n) is 5.39. The maximum absolute atomic E-state index is 10.4. The predicted octanol–water partition coefficient (Wildman–Crippen LogP) is 1.40. The number of carbonyl (C=O) groups is 1. The van der Waals surface area contributed by atoms with Crippen molar-refractivity contribution >= 4 is 23.1 Å². The summed E-state index contributed by atoms with van der Waals surface area (Å²) < 4.78 is 0. The van der Waals surface area contributed by atoms with Gasteiger partial charge in [0.1, 0.15) is 0 Å². The number of carbonyl (C=O) groups excluding carboxylic acids is 1. The third-order valence-electron chi connectivity index (χ3n) is 0.806. The fourth-order valence-electron chi connectivity index (χ4n) is 0.378. The fraction of sp³-hybridized carbons (Fsp3) is 0.333. The van der Waals surface area contributed by atoms with Crippen molar-refractivity contribution in [2.45, 2.75) is 6.92 Å². The predicted molar refractivity (Wildman–Crippen MR) is 39.0 cm³/mol. The molecule has 0 rings (SSSR count). The molecule has 0 aliphatic carbocycles. The summed E-state index contributed by atoms with van der Waals surface area (Å²) in [6.45, 7) is 1.73. The van der Waals surface area contributed by atoms with Gasteiger partial charge in [-0.15, -0.1) is 0 Å². The van der Waals surface area contributed by atoms with Crippen molar-refractivity contribution < 1.29 is 4.79 Å². The van der Waals surface area contributed by atoms with Gasteiger partial charge in [-0.1, -0.05) is 6.08 Å². The Bertz CT molecular complexity index is 160. The van der Waals surface area contributed by atoms with Crippen LogP contribution in [-0.4, -0.2) is 18.5 Å². The standard InChI is InChI=1S/C6H8ClNO/c1-3-5(4-8-2)6(7)9/h3-4H,1-2H3/b5-3+,8-4?. The first-order chi connectivity index (χ1) is 4.22. The number of rotatable bonds is 2. The summed E-state index contributed by atoms with van der Waals surface area (Å²) in [6, 6.07) is 0. The second-order valence-corrected chi connectivity index (χ2v) is 1.75. The molecule has 0 radical (unpaired) electrons. The van der Waals surface area contributed by atoms with Crippen LogP contribution in [0.3, 0.4) is 0 Å². The maximum Gasteiger partial charge on any atom is 0.253 e. The van der Waals surface area contributed by atoms with Gasteiger partial charge in [0.05, 0.1) is 0 Å². The second kappa shape index (κ2) is 4.27. The average Bonchev–Trinajstić information content (AvgIpc) is 1.82. The van der Waals surface area contributed by atoms with Crippen LogP contribution in [0.2, 0.25) is 0 Å². The fourth-order valence-corrected chi connectivity index (χ4v) is 0.536. The molecule has 0 aromatic rings. The van der Waals surface area contributed by atoms with Gasteiger partial charge in [0, 0.05) is 18.8 Å². The van der Waals surface area contributed by atoms with Gasteiger partial charge in [-0.2, -0.15) is 0 Å². The highest BCUT2D eigenvalue weighted by molar-refractivity contribution is 6.69. The van der Waals surface area contributed by atoms with Gasteiger partial charge in [-0.25, -0.2) is 0 Å². The molecule has 0 aliphatic rings. The Morgan fingerprint density at radius 2 is 2.22 bits per heavy atom. The lowest BCUT2D eigenvalue weighted by Gasteiger charge is -1.86. The highest BCUT2D eigenvalue weighted by Gasteiger charge is 1.98. The first-order valence-corrected chi connectivity index (χ1v) is 2.88. The summed E-state index contributed by atoms with van der Waals surface area (Å²) in [5.41, 5.74) is 0.430. The van der Waals surface area contributed by atoms with Gasteiger partial charge in [-0.05, 0) is 18.5 Å². The largest absolute Gasteiger partial charge is 0.296 e. The van der Waals surface area contributed by atoms with E-state index in [1.54, 1.807) is 20.0 Å². The molecule has 0 atom stereocenters. The molecule has 0 N–H and O–H groups in total. The molecule has 0 bridgehead atoms. The Labute approximate surface area is 59.2 Å². The van der Waals surface area contributed by atoms with E-state index in [0.29, 0.717) is 5.57 Å². The van der Waals surface area contributed by atoms with Crippen molar-refractivity contribution in [1.82, 2.24) is 0 Å². The molecule has 0 aromatic carbocycles. The van der Waals surface area contributed by atoms with Crippen LogP contribution in [0.15, 0.2) is 16.6 Å². The van der Waals surface area contributed by atoms with Crippen LogP contribution in [0, 0.1) is 0 Å². The Hall–Kier alpha value is -0.630. The summed E-state index contributed by atoms with van der Waals surface area (Å²) in [5, 5.41) is -0.469. The summed E-state index contributed by atoms with van der Waals surface area (Å²) in [7, 11) is 1.59. The lowest BCUT2D eigenvalue weighted by molar-refractivity contribution is -0.108. The lowest BCUT2D eigenvalue weighted by Crippen LogP contribution is -1.93. The number of halogens is 1. The number of nitrogens with zero attached hydrogens (tertiary/aromatic N) is 1. The SMILES string of the molecule is C/C=C(\C=NC)C(=O)Cl. The lowest BCUT2D eigenvalue weighted by atomic mass is 10.3. The minimum Gasteiger partial charge on any atom is -0.296 e. The first-order valence-electron chi connectivity index (χ1n) is 2.50. The zero-order chi connectivity index (χ0) is 7.28. The van der Waals surface area contributed by atoms with Crippen molar-refractivity contribution in [1.29, 1.82) is 0 Å². The van der Waals surface area contributed by atoms with Crippen LogP contribution in [0.25, 0.3) is 0 Å². The molecule has 0 saturated heterocycles. The maximum atomic E-state index is 10.4. The summed E-state index contributed by atoms with van der Waals surface area (Å²) in [4.78, 5) is 14.0. The van der Waals surface area contributed by atoms with Gasteiger partial charge in [0.25, 0.3) is 5.24 Å². The van der Waals surface area contributed by atoms with E-state index in [1.807, 2.05) is 0 Å². The highest BCUT2D eigenvalue weighted by atomic mass is 35.5. The molecule has 0 amide bonds. The molecule has 9 heavy (non-hydrogen) atoms. The van der Waals surface area contributed by atoms with Gasteiger partial charge >= 0.3 is 0 Å². The van der Waals surface area contributed by atoms with E-state index in [2.05, 4.69) is 4.99 Å². The Kier molecular flexibility index (Phi) is 3.97. The summed E-state index contributed by atoms with van der Waals surface area (Å²) >= 11 is 5.12. The zero-order valence-corrected chi connectivity index (χ0v) is 6.14. The number of allylic oxidation sites excluding steroid dienone is 2. The molecule has 50 valence electrons. The van der Waals surface area contributed by atoms with Gasteiger partial charge in [-0.3, -0.25) is 9.79 Å². The first kappa shape index (κ1) is 8.37. The molecule has 0 fully saturated rings. The summed E-state index contributed by atoms with van der Waals surface area (Å²) in [6.07, 6.45) is 3.04. The van der Waals surface area contributed by atoms with Gasteiger partial charge in [0.15, 0.2) is 0 Å². The average molecular weight is 146 g/mol. The normalized spacial score (nSPS) is 12.6. The Balaban J connectivity index is 4.19. The monoisotopic (exact) mass is 145 g/mol. The highest BCUT2D eigenvalue weighted by Crippen LogP contribution is 1.95.